The summed E-state index contributed by atoms with van der Waals surface area (Å²) < 4.78 is 6.54. The van der Waals surface area contributed by atoms with Gasteiger partial charge in [-0.2, -0.15) is 0 Å². The lowest BCUT2D eigenvalue weighted by Gasteiger charge is -2.00. The summed E-state index contributed by atoms with van der Waals surface area (Å²) in [6.45, 7) is 0. The van der Waals surface area contributed by atoms with Gasteiger partial charge >= 0.3 is 5.97 Å². The van der Waals surface area contributed by atoms with Crippen LogP contribution in [-0.2, 0) is 0 Å². The molecule has 0 spiro atoms. The van der Waals surface area contributed by atoms with Gasteiger partial charge in [-0.15, -0.1) is 0 Å². The van der Waals surface area contributed by atoms with Crippen LogP contribution >= 0.6 is 50.9 Å². The fourth-order valence-electron chi connectivity index (χ4n) is 1.99. The van der Waals surface area contributed by atoms with Crippen molar-refractivity contribution in [2.24, 2.45) is 4.99 Å². The fraction of sp³-hybridized carbons (Fsp3) is 0. The minimum absolute atomic E-state index is 0.112. The third kappa shape index (κ3) is 4.71. The summed E-state index contributed by atoms with van der Waals surface area (Å²) in [5, 5.41) is 10.7. The number of furan rings is 1. The molecule has 4 nitrogen and oxygen atoms in total. The summed E-state index contributed by atoms with van der Waals surface area (Å²) in [5.74, 6) is -0.536. The maximum atomic E-state index is 11.1. The van der Waals surface area contributed by atoms with Crippen LogP contribution in [0.1, 0.15) is 16.1 Å². The van der Waals surface area contributed by atoms with Gasteiger partial charge in [-0.3, -0.25) is 4.99 Å². The first-order chi connectivity index (χ1) is 12.4. The van der Waals surface area contributed by atoms with E-state index in [1.54, 1.807) is 18.2 Å². The van der Waals surface area contributed by atoms with Crippen molar-refractivity contribution in [2.75, 3.05) is 0 Å². The molecule has 0 atom stereocenters. The van der Waals surface area contributed by atoms with E-state index in [2.05, 4.69) is 20.9 Å². The predicted octanol–water partition coefficient (Wildman–Crippen LogP) is 6.95. The number of aromatic carboxylic acids is 1. The van der Waals surface area contributed by atoms with Crippen LogP contribution in [0.25, 0.3) is 0 Å². The van der Waals surface area contributed by atoms with Gasteiger partial charge in [-0.1, -0.05) is 35.0 Å². The normalized spacial score (nSPS) is 11.2. The molecule has 0 saturated carbocycles. The Morgan fingerprint density at radius 1 is 1.15 bits per heavy atom. The lowest BCUT2D eigenvalue weighted by molar-refractivity contribution is 0.0697. The number of rotatable bonds is 5. The number of carboxylic acid groups (broad SMARTS) is 1. The highest BCUT2D eigenvalue weighted by Crippen LogP contribution is 2.36. The standard InChI is InChI=1S/C18H10BrCl2NO3S/c19-14-8-12(25-18(14)26-13-4-2-11(20)3-5-13)9-22-16-7-10(17(23)24)1-6-15(16)21/h1-9H,(H,23,24). The highest BCUT2D eigenvalue weighted by molar-refractivity contribution is 9.10. The van der Waals surface area contributed by atoms with Crippen LogP contribution < -0.4 is 0 Å². The van der Waals surface area contributed by atoms with Crippen LogP contribution in [0.3, 0.4) is 0 Å². The first kappa shape index (κ1) is 19.0. The van der Waals surface area contributed by atoms with Crippen LogP contribution in [0.2, 0.25) is 10.0 Å². The molecule has 3 rings (SSSR count). The number of benzene rings is 2. The number of carbonyl (C=O) groups is 1. The molecule has 0 bridgehead atoms. The van der Waals surface area contributed by atoms with Gasteiger partial charge in [0.15, 0.2) is 5.09 Å². The van der Waals surface area contributed by atoms with Crippen LogP contribution in [0, 0.1) is 0 Å². The van der Waals surface area contributed by atoms with E-state index in [1.165, 1.54) is 36.2 Å². The summed E-state index contributed by atoms with van der Waals surface area (Å²) in [6, 6.07) is 13.5. The largest absolute Gasteiger partial charge is 0.478 e. The first-order valence-corrected chi connectivity index (χ1v) is 9.58. The molecule has 1 aromatic heterocycles. The molecule has 26 heavy (non-hydrogen) atoms. The minimum Gasteiger partial charge on any atom is -0.478 e. The zero-order chi connectivity index (χ0) is 18.7. The van der Waals surface area contributed by atoms with E-state index >= 15 is 0 Å². The van der Waals surface area contributed by atoms with Crippen LogP contribution in [0.4, 0.5) is 5.69 Å². The van der Waals surface area contributed by atoms with Crippen molar-refractivity contribution in [3.8, 4) is 0 Å². The number of hydrogen-bond donors (Lipinski definition) is 1. The van der Waals surface area contributed by atoms with Gasteiger partial charge in [0.1, 0.15) is 5.76 Å². The Morgan fingerprint density at radius 2 is 1.88 bits per heavy atom. The fourth-order valence-corrected chi connectivity index (χ4v) is 3.61. The van der Waals surface area contributed by atoms with Gasteiger partial charge in [0, 0.05) is 16.0 Å². The van der Waals surface area contributed by atoms with Crippen molar-refractivity contribution >= 4 is 68.8 Å². The summed E-state index contributed by atoms with van der Waals surface area (Å²) in [6.07, 6.45) is 1.49. The Morgan fingerprint density at radius 3 is 2.58 bits per heavy atom. The third-order valence-electron chi connectivity index (χ3n) is 3.22. The number of nitrogens with zero attached hydrogens (tertiary/aromatic N) is 1. The first-order valence-electron chi connectivity index (χ1n) is 7.22. The molecular weight excluding hydrogens is 461 g/mol. The Balaban J connectivity index is 1.81. The Hall–Kier alpha value is -1.73. The maximum Gasteiger partial charge on any atom is 0.335 e. The summed E-state index contributed by atoms with van der Waals surface area (Å²) in [5.41, 5.74) is 0.465. The van der Waals surface area contributed by atoms with E-state index in [1.807, 2.05) is 12.1 Å². The summed E-state index contributed by atoms with van der Waals surface area (Å²) >= 11 is 16.8. The molecule has 0 aliphatic heterocycles. The number of halogens is 3. The lowest BCUT2D eigenvalue weighted by Crippen LogP contribution is -1.94. The highest BCUT2D eigenvalue weighted by atomic mass is 79.9. The molecule has 1 heterocycles. The summed E-state index contributed by atoms with van der Waals surface area (Å²) in [4.78, 5) is 16.3. The zero-order valence-corrected chi connectivity index (χ0v) is 16.9. The van der Waals surface area contributed by atoms with Crippen molar-refractivity contribution in [3.63, 3.8) is 0 Å². The molecule has 0 radical (unpaired) electrons. The highest BCUT2D eigenvalue weighted by Gasteiger charge is 2.11. The quantitative estimate of drug-likeness (QED) is 0.409. The SMILES string of the molecule is O=C(O)c1ccc(Cl)c(N=Cc2cc(Br)c(Sc3ccc(Cl)cc3)o2)c1. The lowest BCUT2D eigenvalue weighted by atomic mass is 10.2. The van der Waals surface area contributed by atoms with E-state index in [-0.39, 0.29) is 5.56 Å². The average Bonchev–Trinajstić information content (AvgIpc) is 2.95. The van der Waals surface area contributed by atoms with Gasteiger partial charge in [0.2, 0.25) is 0 Å². The Bertz CT molecular complexity index is 987. The molecule has 0 amide bonds. The molecule has 3 aromatic rings. The molecular formula is C18H10BrCl2NO3S. The summed E-state index contributed by atoms with van der Waals surface area (Å²) in [7, 11) is 0. The van der Waals surface area contributed by atoms with Crippen molar-refractivity contribution < 1.29 is 14.3 Å². The molecule has 2 aromatic carbocycles. The molecule has 132 valence electrons. The van der Waals surface area contributed by atoms with E-state index in [4.69, 9.17) is 32.7 Å². The molecule has 0 saturated heterocycles. The monoisotopic (exact) mass is 469 g/mol. The Kier molecular flexibility index (Phi) is 6.09. The predicted molar refractivity (Wildman–Crippen MR) is 108 cm³/mol. The van der Waals surface area contributed by atoms with Crippen molar-refractivity contribution in [1.82, 2.24) is 0 Å². The molecule has 8 heteroatoms. The zero-order valence-electron chi connectivity index (χ0n) is 12.9. The van der Waals surface area contributed by atoms with Crippen LogP contribution in [-0.4, -0.2) is 17.3 Å². The second-order valence-corrected chi connectivity index (χ2v) is 7.81. The smallest absolute Gasteiger partial charge is 0.335 e. The molecule has 0 unspecified atom stereocenters. The van der Waals surface area contributed by atoms with E-state index in [9.17, 15) is 4.79 Å². The topological polar surface area (TPSA) is 62.8 Å². The van der Waals surface area contributed by atoms with E-state index in [0.717, 1.165) is 9.37 Å². The van der Waals surface area contributed by atoms with Gasteiger partial charge in [0.25, 0.3) is 0 Å². The number of carboxylic acids is 1. The van der Waals surface area contributed by atoms with Gasteiger partial charge < -0.3 is 9.52 Å². The van der Waals surface area contributed by atoms with Crippen molar-refractivity contribution in [2.45, 2.75) is 9.99 Å². The number of aliphatic imine (C=N–C) groups is 1. The van der Waals surface area contributed by atoms with Crippen LogP contribution in [0.5, 0.6) is 0 Å². The minimum atomic E-state index is -1.04. The van der Waals surface area contributed by atoms with E-state index < -0.39 is 5.97 Å². The molecule has 0 fully saturated rings. The van der Waals surface area contributed by atoms with E-state index in [0.29, 0.717) is 26.6 Å². The van der Waals surface area contributed by atoms with Crippen LogP contribution in [0.15, 0.2) is 72.4 Å². The van der Waals surface area contributed by atoms with Gasteiger partial charge in [0.05, 0.1) is 27.0 Å². The van der Waals surface area contributed by atoms with Crippen molar-refractivity contribution in [1.29, 1.82) is 0 Å². The molecule has 1 N–H and O–H groups in total. The second kappa shape index (κ2) is 8.31. The Labute approximate surface area is 172 Å². The number of hydrogen-bond acceptors (Lipinski definition) is 4. The average molecular weight is 471 g/mol. The second-order valence-electron chi connectivity index (χ2n) is 5.07. The molecule has 0 aliphatic carbocycles. The van der Waals surface area contributed by atoms with Gasteiger partial charge in [-0.25, -0.2) is 4.79 Å². The third-order valence-corrected chi connectivity index (χ3v) is 5.64. The maximum absolute atomic E-state index is 11.1. The molecule has 0 aliphatic rings. The van der Waals surface area contributed by atoms with Crippen molar-refractivity contribution in [3.05, 3.63) is 74.4 Å². The van der Waals surface area contributed by atoms with Gasteiger partial charge in [-0.05, 0) is 58.4 Å².